The molecule has 1 unspecified atom stereocenters. The lowest BCUT2D eigenvalue weighted by atomic mass is 10.3. The molecule has 1 aliphatic heterocycles. The molecule has 3 nitrogen and oxygen atoms in total. The number of nitrogens with one attached hydrogen (secondary N) is 2. The van der Waals surface area contributed by atoms with Crippen molar-refractivity contribution in [1.82, 2.24) is 10.6 Å². The quantitative estimate of drug-likeness (QED) is 0.395. The van der Waals surface area contributed by atoms with Gasteiger partial charge in [0.15, 0.2) is 0 Å². The first-order chi connectivity index (χ1) is 6.86. The van der Waals surface area contributed by atoms with E-state index >= 15 is 0 Å². The monoisotopic (exact) mass is 210 g/mol. The molecule has 1 amide bonds. The second-order valence-corrected chi connectivity index (χ2v) is 3.89. The fourth-order valence-corrected chi connectivity index (χ4v) is 1.88. The summed E-state index contributed by atoms with van der Waals surface area (Å²) < 4.78 is 0. The summed E-state index contributed by atoms with van der Waals surface area (Å²) in [5, 5.41) is 5.80. The van der Waals surface area contributed by atoms with Gasteiger partial charge in [-0.1, -0.05) is 18.2 Å². The predicted molar refractivity (Wildman–Crippen MR) is 60.6 cm³/mol. The summed E-state index contributed by atoms with van der Waals surface area (Å²) in [5.74, 6) is 0.849. The largest absolute Gasteiger partial charge is 0.365 e. The van der Waals surface area contributed by atoms with Crippen molar-refractivity contribution < 1.29 is 4.79 Å². The normalized spacial score (nSPS) is 16.4. The Hall–Kier alpha value is -1.16. The van der Waals surface area contributed by atoms with Gasteiger partial charge in [0.1, 0.15) is 0 Å². The molecule has 0 aromatic rings. The molecule has 0 bridgehead atoms. The number of hydrogen-bond acceptors (Lipinski definition) is 3. The molecule has 1 atom stereocenters. The number of carbonyl (C=O) groups is 1. The standard InChI is InChI=1S/C10H14N2OS/c1-2-10(12-8-13)14-7-9-5-3-4-6-11-9/h2,4-6,8,10-11H,1,3,7H2,(H,12,13). The van der Waals surface area contributed by atoms with E-state index in [0.717, 1.165) is 12.2 Å². The second-order valence-electron chi connectivity index (χ2n) is 2.76. The van der Waals surface area contributed by atoms with Gasteiger partial charge in [0.2, 0.25) is 6.41 Å². The minimum absolute atomic E-state index is 0.0129. The Morgan fingerprint density at radius 1 is 1.79 bits per heavy atom. The van der Waals surface area contributed by atoms with Gasteiger partial charge in [0.25, 0.3) is 0 Å². The van der Waals surface area contributed by atoms with Crippen molar-refractivity contribution in [3.8, 4) is 0 Å². The van der Waals surface area contributed by atoms with Crippen LogP contribution < -0.4 is 10.6 Å². The van der Waals surface area contributed by atoms with Crippen LogP contribution >= 0.6 is 11.8 Å². The van der Waals surface area contributed by atoms with E-state index < -0.39 is 0 Å². The maximum Gasteiger partial charge on any atom is 0.208 e. The Balaban J connectivity index is 2.27. The van der Waals surface area contributed by atoms with Gasteiger partial charge in [0.05, 0.1) is 5.37 Å². The van der Waals surface area contributed by atoms with E-state index in [4.69, 9.17) is 0 Å². The average Bonchev–Trinajstić information content (AvgIpc) is 2.25. The van der Waals surface area contributed by atoms with Crippen LogP contribution in [0.2, 0.25) is 0 Å². The molecule has 4 heteroatoms. The molecule has 0 saturated carbocycles. The number of allylic oxidation sites excluding steroid dienone is 2. The fraction of sp³-hybridized carbons (Fsp3) is 0.300. The second kappa shape index (κ2) is 6.32. The van der Waals surface area contributed by atoms with Crippen molar-refractivity contribution in [2.45, 2.75) is 11.8 Å². The summed E-state index contributed by atoms with van der Waals surface area (Å²) in [6.45, 7) is 3.65. The topological polar surface area (TPSA) is 41.1 Å². The van der Waals surface area contributed by atoms with Gasteiger partial charge in [-0.2, -0.15) is 0 Å². The third-order valence-electron chi connectivity index (χ3n) is 1.75. The summed E-state index contributed by atoms with van der Waals surface area (Å²) in [7, 11) is 0. The van der Waals surface area contributed by atoms with Gasteiger partial charge in [-0.15, -0.1) is 18.3 Å². The zero-order valence-electron chi connectivity index (χ0n) is 7.90. The number of thioether (sulfide) groups is 1. The molecule has 0 aromatic heterocycles. The molecule has 0 aromatic carbocycles. The Labute approximate surface area is 88.3 Å². The molecule has 14 heavy (non-hydrogen) atoms. The lowest BCUT2D eigenvalue weighted by Gasteiger charge is -2.14. The summed E-state index contributed by atoms with van der Waals surface area (Å²) in [6.07, 6.45) is 9.52. The van der Waals surface area contributed by atoms with Crippen LogP contribution in [0, 0.1) is 0 Å². The van der Waals surface area contributed by atoms with Crippen molar-refractivity contribution in [3.63, 3.8) is 0 Å². The molecule has 1 heterocycles. The molecular formula is C10H14N2OS. The van der Waals surface area contributed by atoms with E-state index in [1.165, 1.54) is 5.70 Å². The molecular weight excluding hydrogens is 196 g/mol. The van der Waals surface area contributed by atoms with Crippen molar-refractivity contribution in [3.05, 3.63) is 36.7 Å². The Morgan fingerprint density at radius 3 is 3.21 bits per heavy atom. The fourth-order valence-electron chi connectivity index (χ4n) is 1.03. The Morgan fingerprint density at radius 2 is 2.64 bits per heavy atom. The average molecular weight is 210 g/mol. The van der Waals surface area contributed by atoms with Crippen LogP contribution in [0.15, 0.2) is 36.7 Å². The molecule has 0 saturated heterocycles. The highest BCUT2D eigenvalue weighted by atomic mass is 32.2. The number of rotatable bonds is 6. The van der Waals surface area contributed by atoms with E-state index in [9.17, 15) is 4.79 Å². The predicted octanol–water partition coefficient (Wildman–Crippen LogP) is 1.37. The maximum atomic E-state index is 10.2. The molecule has 1 aliphatic rings. The van der Waals surface area contributed by atoms with Gasteiger partial charge < -0.3 is 10.6 Å². The van der Waals surface area contributed by atoms with Gasteiger partial charge in [-0.25, -0.2) is 0 Å². The molecule has 1 rings (SSSR count). The number of carbonyl (C=O) groups excluding carboxylic acids is 1. The van der Waals surface area contributed by atoms with Crippen molar-refractivity contribution in [2.75, 3.05) is 5.75 Å². The summed E-state index contributed by atoms with van der Waals surface area (Å²) in [4.78, 5) is 10.2. The number of hydrogen-bond donors (Lipinski definition) is 2. The SMILES string of the molecule is C=CC(NC=O)SCC1=CCC=CN1. The Kier molecular flexibility index (Phi) is 4.93. The van der Waals surface area contributed by atoms with E-state index in [2.05, 4.69) is 29.4 Å². The van der Waals surface area contributed by atoms with Crippen LogP contribution in [-0.2, 0) is 4.79 Å². The van der Waals surface area contributed by atoms with Crippen LogP contribution in [0.4, 0.5) is 0 Å². The van der Waals surface area contributed by atoms with Crippen molar-refractivity contribution in [2.24, 2.45) is 0 Å². The van der Waals surface area contributed by atoms with Crippen molar-refractivity contribution in [1.29, 1.82) is 0 Å². The van der Waals surface area contributed by atoms with Crippen LogP contribution in [0.1, 0.15) is 6.42 Å². The minimum atomic E-state index is -0.0129. The Bertz CT molecular complexity index is 261. The molecule has 2 N–H and O–H groups in total. The molecule has 76 valence electrons. The molecule has 0 fully saturated rings. The van der Waals surface area contributed by atoms with E-state index in [1.54, 1.807) is 17.8 Å². The smallest absolute Gasteiger partial charge is 0.208 e. The van der Waals surface area contributed by atoms with Gasteiger partial charge in [0, 0.05) is 11.4 Å². The van der Waals surface area contributed by atoms with Crippen LogP contribution in [0.25, 0.3) is 0 Å². The first-order valence-corrected chi connectivity index (χ1v) is 5.46. The third kappa shape index (κ3) is 3.70. The zero-order chi connectivity index (χ0) is 10.2. The number of amides is 1. The highest BCUT2D eigenvalue weighted by molar-refractivity contribution is 8.00. The summed E-state index contributed by atoms with van der Waals surface area (Å²) in [6, 6.07) is 0. The summed E-state index contributed by atoms with van der Waals surface area (Å²) >= 11 is 1.63. The van der Waals surface area contributed by atoms with Crippen LogP contribution in [0.3, 0.4) is 0 Å². The maximum absolute atomic E-state index is 10.2. The summed E-state index contributed by atoms with van der Waals surface area (Å²) in [5.41, 5.74) is 1.18. The van der Waals surface area contributed by atoms with E-state index in [-0.39, 0.29) is 5.37 Å². The lowest BCUT2D eigenvalue weighted by molar-refractivity contribution is -0.109. The first-order valence-electron chi connectivity index (χ1n) is 4.41. The highest BCUT2D eigenvalue weighted by Gasteiger charge is 2.04. The minimum Gasteiger partial charge on any atom is -0.365 e. The van der Waals surface area contributed by atoms with Crippen LogP contribution in [-0.4, -0.2) is 17.5 Å². The molecule has 0 aliphatic carbocycles. The molecule has 0 radical (unpaired) electrons. The van der Waals surface area contributed by atoms with E-state index in [1.807, 2.05) is 6.20 Å². The number of dihydropyridines is 1. The first kappa shape index (κ1) is 10.9. The van der Waals surface area contributed by atoms with E-state index in [0.29, 0.717) is 6.41 Å². The van der Waals surface area contributed by atoms with Gasteiger partial charge >= 0.3 is 0 Å². The van der Waals surface area contributed by atoms with Gasteiger partial charge in [-0.3, -0.25) is 4.79 Å². The molecule has 0 spiro atoms. The van der Waals surface area contributed by atoms with Crippen molar-refractivity contribution >= 4 is 18.2 Å². The zero-order valence-corrected chi connectivity index (χ0v) is 8.72. The van der Waals surface area contributed by atoms with Gasteiger partial charge in [-0.05, 0) is 12.6 Å². The van der Waals surface area contributed by atoms with Crippen LogP contribution in [0.5, 0.6) is 0 Å². The highest BCUT2D eigenvalue weighted by Crippen LogP contribution is 2.13. The third-order valence-corrected chi connectivity index (χ3v) is 2.92. The lowest BCUT2D eigenvalue weighted by Crippen LogP contribution is -2.23.